The molecule has 0 N–H and O–H groups in total. The topological polar surface area (TPSA) is 52.8 Å². The van der Waals surface area contributed by atoms with E-state index < -0.39 is 8.32 Å². The number of esters is 1. The molecule has 1 saturated carbocycles. The maximum Gasteiger partial charge on any atom is 0.306 e. The van der Waals surface area contributed by atoms with E-state index in [-0.39, 0.29) is 11.0 Å². The van der Waals surface area contributed by atoms with Crippen LogP contribution in [0.15, 0.2) is 18.2 Å². The summed E-state index contributed by atoms with van der Waals surface area (Å²) in [5.74, 6) is 0.509. The summed E-state index contributed by atoms with van der Waals surface area (Å²) in [4.78, 5) is 11.8. The summed E-state index contributed by atoms with van der Waals surface area (Å²) in [7, 11) is -1.82. The third-order valence-corrected chi connectivity index (χ3v) is 10.5. The first-order valence-corrected chi connectivity index (χ1v) is 13.3. The Morgan fingerprint density at radius 3 is 2.57 bits per heavy atom. The minimum absolute atomic E-state index is 0.152. The second kappa shape index (κ2) is 7.99. The van der Waals surface area contributed by atoms with Gasteiger partial charge in [-0.25, -0.2) is 4.52 Å². The molecule has 0 aliphatic heterocycles. The lowest BCUT2D eigenvalue weighted by molar-refractivity contribution is -0.143. The Morgan fingerprint density at radius 1 is 1.25 bits per heavy atom. The van der Waals surface area contributed by atoms with Gasteiger partial charge in [-0.15, -0.1) is 0 Å². The van der Waals surface area contributed by atoms with Crippen LogP contribution >= 0.6 is 0 Å². The minimum Gasteiger partial charge on any atom is -0.466 e. The van der Waals surface area contributed by atoms with Crippen LogP contribution in [-0.2, 0) is 27.0 Å². The maximum absolute atomic E-state index is 11.8. The number of nitrogens with zero attached hydrogens (tertiary/aromatic N) is 2. The molecule has 0 unspecified atom stereocenters. The van der Waals surface area contributed by atoms with Crippen molar-refractivity contribution < 1.29 is 14.0 Å². The van der Waals surface area contributed by atoms with Crippen molar-refractivity contribution in [1.82, 2.24) is 9.61 Å². The van der Waals surface area contributed by atoms with E-state index in [9.17, 15) is 4.79 Å². The highest BCUT2D eigenvalue weighted by Crippen LogP contribution is 2.41. The zero-order chi connectivity index (χ0) is 20.5. The number of aromatic nitrogens is 2. The molecular formula is C22H34N2O3Si. The molecule has 0 atom stereocenters. The van der Waals surface area contributed by atoms with Crippen LogP contribution in [-0.4, -0.2) is 30.5 Å². The zero-order valence-electron chi connectivity index (χ0n) is 18.2. The first-order valence-electron chi connectivity index (χ1n) is 10.4. The Balaban J connectivity index is 1.82. The fourth-order valence-corrected chi connectivity index (χ4v) is 4.02. The molecule has 0 saturated heterocycles. The standard InChI is InChI=1S/C22H34N2O3Si/c1-7-26-21(25)11-10-19-12-17(16-8-9-16)13-20-14-18(23-24(19)20)15-27-28(5,6)22(2,3)4/h12-14,16H,7-11,15H2,1-6H3. The molecule has 0 bridgehead atoms. The molecule has 0 radical (unpaired) electrons. The molecule has 2 aromatic rings. The van der Waals surface area contributed by atoms with Gasteiger partial charge < -0.3 is 9.16 Å². The molecule has 0 aromatic carbocycles. The molecule has 2 aromatic heterocycles. The Kier molecular flexibility index (Phi) is 6.01. The number of fused-ring (bicyclic) bond motifs is 1. The molecular weight excluding hydrogens is 368 g/mol. The molecule has 154 valence electrons. The zero-order valence-corrected chi connectivity index (χ0v) is 19.2. The number of ether oxygens (including phenoxy) is 1. The molecule has 0 amide bonds. The largest absolute Gasteiger partial charge is 0.466 e. The van der Waals surface area contributed by atoms with E-state index in [2.05, 4.69) is 52.1 Å². The van der Waals surface area contributed by atoms with Crippen molar-refractivity contribution in [3.63, 3.8) is 0 Å². The van der Waals surface area contributed by atoms with Gasteiger partial charge in [0.15, 0.2) is 8.32 Å². The summed E-state index contributed by atoms with van der Waals surface area (Å²) in [6, 6.07) is 6.59. The second-order valence-electron chi connectivity index (χ2n) is 9.38. The van der Waals surface area contributed by atoms with Crippen molar-refractivity contribution in [2.75, 3.05) is 6.61 Å². The lowest BCUT2D eigenvalue weighted by Crippen LogP contribution is -2.40. The number of pyridine rings is 1. The highest BCUT2D eigenvalue weighted by atomic mass is 28.4. The number of rotatable bonds is 8. The Labute approximate surface area is 169 Å². The van der Waals surface area contributed by atoms with Crippen molar-refractivity contribution in [1.29, 1.82) is 0 Å². The number of carbonyl (C=O) groups excluding carboxylic acids is 1. The molecule has 1 fully saturated rings. The Hall–Kier alpha value is -1.66. The van der Waals surface area contributed by atoms with Gasteiger partial charge >= 0.3 is 5.97 Å². The van der Waals surface area contributed by atoms with Gasteiger partial charge in [-0.05, 0) is 67.6 Å². The second-order valence-corrected chi connectivity index (χ2v) is 14.2. The van der Waals surface area contributed by atoms with E-state index in [0.29, 0.717) is 32.0 Å². The summed E-state index contributed by atoms with van der Waals surface area (Å²) >= 11 is 0. The van der Waals surface area contributed by atoms with E-state index in [1.807, 2.05) is 11.4 Å². The van der Waals surface area contributed by atoms with Crippen LogP contribution in [0.1, 0.15) is 69.8 Å². The number of hydrogen-bond donors (Lipinski definition) is 0. The van der Waals surface area contributed by atoms with Crippen molar-refractivity contribution in [3.8, 4) is 0 Å². The van der Waals surface area contributed by atoms with Gasteiger partial charge in [0.25, 0.3) is 0 Å². The molecule has 2 heterocycles. The predicted octanol–water partition coefficient (Wildman–Crippen LogP) is 5.23. The lowest BCUT2D eigenvalue weighted by Gasteiger charge is -2.35. The van der Waals surface area contributed by atoms with Gasteiger partial charge in [0, 0.05) is 12.1 Å². The van der Waals surface area contributed by atoms with Crippen LogP contribution < -0.4 is 0 Å². The highest BCUT2D eigenvalue weighted by molar-refractivity contribution is 6.74. The Bertz CT molecular complexity index is 847. The molecule has 0 spiro atoms. The van der Waals surface area contributed by atoms with Crippen LogP contribution in [0.2, 0.25) is 18.1 Å². The quantitative estimate of drug-likeness (QED) is 0.448. The number of aryl methyl sites for hydroxylation is 1. The van der Waals surface area contributed by atoms with Gasteiger partial charge in [-0.3, -0.25) is 4.79 Å². The minimum atomic E-state index is -1.82. The fraction of sp³-hybridized carbons (Fsp3) is 0.636. The van der Waals surface area contributed by atoms with E-state index >= 15 is 0 Å². The van der Waals surface area contributed by atoms with Crippen LogP contribution in [0.5, 0.6) is 0 Å². The molecule has 3 rings (SSSR count). The lowest BCUT2D eigenvalue weighted by atomic mass is 10.1. The van der Waals surface area contributed by atoms with Crippen molar-refractivity contribution >= 4 is 19.8 Å². The maximum atomic E-state index is 11.8. The van der Waals surface area contributed by atoms with Gasteiger partial charge in [0.2, 0.25) is 0 Å². The highest BCUT2D eigenvalue weighted by Gasteiger charge is 2.37. The normalized spacial score (nSPS) is 15.2. The van der Waals surface area contributed by atoms with Crippen LogP contribution in [0.3, 0.4) is 0 Å². The van der Waals surface area contributed by atoms with Crippen molar-refractivity contribution in [2.45, 2.75) is 84.0 Å². The average Bonchev–Trinajstić information content (AvgIpc) is 3.37. The molecule has 1 aliphatic carbocycles. The first kappa shape index (κ1) is 21.1. The summed E-state index contributed by atoms with van der Waals surface area (Å²) in [5.41, 5.74) is 4.49. The Morgan fingerprint density at radius 2 is 1.96 bits per heavy atom. The van der Waals surface area contributed by atoms with E-state index in [0.717, 1.165) is 16.9 Å². The molecule has 1 aliphatic rings. The van der Waals surface area contributed by atoms with E-state index in [4.69, 9.17) is 14.3 Å². The molecule has 6 heteroatoms. The first-order chi connectivity index (χ1) is 13.1. The smallest absolute Gasteiger partial charge is 0.306 e. The fourth-order valence-electron chi connectivity index (χ4n) is 3.08. The van der Waals surface area contributed by atoms with Gasteiger partial charge in [-0.1, -0.05) is 20.8 Å². The van der Waals surface area contributed by atoms with Gasteiger partial charge in [0.05, 0.1) is 30.8 Å². The summed E-state index contributed by atoms with van der Waals surface area (Å²) < 4.78 is 13.4. The van der Waals surface area contributed by atoms with Gasteiger partial charge in [0.1, 0.15) is 0 Å². The third kappa shape index (κ3) is 4.84. The predicted molar refractivity (Wildman–Crippen MR) is 114 cm³/mol. The number of carbonyl (C=O) groups is 1. The molecule has 5 nitrogen and oxygen atoms in total. The van der Waals surface area contributed by atoms with Crippen molar-refractivity contribution in [3.05, 3.63) is 35.2 Å². The van der Waals surface area contributed by atoms with Crippen molar-refractivity contribution in [2.24, 2.45) is 0 Å². The van der Waals surface area contributed by atoms with E-state index in [1.54, 1.807) is 0 Å². The average molecular weight is 403 g/mol. The van der Waals surface area contributed by atoms with Crippen LogP contribution in [0.4, 0.5) is 0 Å². The van der Waals surface area contributed by atoms with Crippen LogP contribution in [0, 0.1) is 0 Å². The summed E-state index contributed by atoms with van der Waals surface area (Å²) in [5, 5.41) is 4.98. The monoisotopic (exact) mass is 402 g/mol. The van der Waals surface area contributed by atoms with E-state index in [1.165, 1.54) is 18.4 Å². The number of hydrogen-bond acceptors (Lipinski definition) is 4. The third-order valence-electron chi connectivity index (χ3n) is 6.03. The SMILES string of the molecule is CCOC(=O)CCc1cc(C2CC2)cc2cc(CO[Si](C)(C)C(C)(C)C)nn12. The molecule has 28 heavy (non-hydrogen) atoms. The summed E-state index contributed by atoms with van der Waals surface area (Å²) in [6.45, 7) is 14.1. The van der Waals surface area contributed by atoms with Crippen LogP contribution in [0.25, 0.3) is 5.52 Å². The summed E-state index contributed by atoms with van der Waals surface area (Å²) in [6.07, 6.45) is 3.53. The van der Waals surface area contributed by atoms with Gasteiger partial charge in [-0.2, -0.15) is 5.10 Å².